The number of carboxylic acid groups (broad SMARTS) is 2. The lowest BCUT2D eigenvalue weighted by atomic mass is 9.95. The minimum atomic E-state index is -1.35. The molecule has 0 spiro atoms. The molecule has 6 aromatic rings. The van der Waals surface area contributed by atoms with Crippen LogP contribution in [0.4, 0.5) is 0 Å². The van der Waals surface area contributed by atoms with Crippen LogP contribution in [0.15, 0.2) is 82.4 Å². The standard InChI is InChI=1S/C22H25N3O4.C18H18N2O3.C4H11N.ClH/c1-22(2,21(27)28)24-20(26)14-8-9-18-17(12-14)23-19(15-10-11-29-13-15)25(18)16-6-4-3-5-7-16;21-18(22)12-6-7-16-15(10-12)19-17(13-8-9-23-11-13)20(16)14-4-2-1-3-5-14;1-4(2,3)5;/h8-13,16H,3-7H2,1-2H3,(H,24,26)(H,27,28);6-11,14H,1-5H2,(H,21,22);5H2,1-3H3;1H. The number of aliphatic carboxylic acids is 1. The summed E-state index contributed by atoms with van der Waals surface area (Å²) in [6, 6.07) is 15.1. The Balaban J connectivity index is 0.000000199. The van der Waals surface area contributed by atoms with Gasteiger partial charge in [0.25, 0.3) is 5.91 Å². The number of quaternary nitrogens is 1. The Kier molecular flexibility index (Phi) is 13.9. The molecule has 0 radical (unpaired) electrons. The lowest BCUT2D eigenvalue weighted by Gasteiger charge is -2.25. The summed E-state index contributed by atoms with van der Waals surface area (Å²) in [6.07, 6.45) is 18.5. The number of hydrogen-bond acceptors (Lipinski definition) is 7. The van der Waals surface area contributed by atoms with E-state index < -0.39 is 23.4 Å². The maximum atomic E-state index is 12.6. The van der Waals surface area contributed by atoms with E-state index in [9.17, 15) is 24.6 Å². The van der Waals surface area contributed by atoms with Gasteiger partial charge < -0.3 is 51.6 Å². The molecule has 6 N–H and O–H groups in total. The summed E-state index contributed by atoms with van der Waals surface area (Å²) >= 11 is 0. The molecule has 0 bridgehead atoms. The number of benzene rings is 2. The van der Waals surface area contributed by atoms with Gasteiger partial charge in [0.15, 0.2) is 0 Å². The predicted octanol–water partition coefficient (Wildman–Crippen LogP) is 5.93. The maximum absolute atomic E-state index is 12.6. The number of carbonyl (C=O) groups excluding carboxylic acids is 1. The maximum Gasteiger partial charge on any atom is 0.335 e. The molecule has 0 saturated heterocycles. The number of nitrogens with zero attached hydrogens (tertiary/aromatic N) is 4. The van der Waals surface area contributed by atoms with Gasteiger partial charge in [0, 0.05) is 17.6 Å². The van der Waals surface area contributed by atoms with E-state index in [2.05, 4.69) is 41.0 Å². The molecule has 8 rings (SSSR count). The summed E-state index contributed by atoms with van der Waals surface area (Å²) in [4.78, 5) is 44.7. The molecule has 2 aliphatic carbocycles. The van der Waals surface area contributed by atoms with Gasteiger partial charge in [-0.25, -0.2) is 19.6 Å². The van der Waals surface area contributed by atoms with E-state index in [1.165, 1.54) is 52.4 Å². The number of hydrogen-bond donors (Lipinski definition) is 4. The predicted molar refractivity (Wildman–Crippen MR) is 218 cm³/mol. The van der Waals surface area contributed by atoms with Crippen molar-refractivity contribution in [3.05, 3.63) is 84.7 Å². The van der Waals surface area contributed by atoms with Crippen LogP contribution in [0.3, 0.4) is 0 Å². The molecule has 0 unspecified atom stereocenters. The van der Waals surface area contributed by atoms with E-state index in [1.807, 2.05) is 24.3 Å². The van der Waals surface area contributed by atoms with Crippen molar-refractivity contribution in [3.63, 3.8) is 0 Å². The number of furan rings is 2. The second kappa shape index (κ2) is 18.5. The number of amides is 1. The lowest BCUT2D eigenvalue weighted by molar-refractivity contribution is -0.458. The Bertz CT molecular complexity index is 2300. The quantitative estimate of drug-likeness (QED) is 0.144. The van der Waals surface area contributed by atoms with Crippen molar-refractivity contribution in [2.75, 3.05) is 0 Å². The van der Waals surface area contributed by atoms with Gasteiger partial charge in [0.1, 0.15) is 29.7 Å². The molecule has 2 saturated carbocycles. The van der Waals surface area contributed by atoms with Crippen molar-refractivity contribution in [1.29, 1.82) is 0 Å². The van der Waals surface area contributed by atoms with Crippen molar-refractivity contribution in [1.82, 2.24) is 24.4 Å². The van der Waals surface area contributed by atoms with Crippen LogP contribution >= 0.6 is 0 Å². The first kappa shape index (κ1) is 43.7. The number of nitrogens with one attached hydrogen (secondary N) is 1. The first-order valence-corrected chi connectivity index (χ1v) is 19.8. The number of carbonyl (C=O) groups is 3. The summed E-state index contributed by atoms with van der Waals surface area (Å²) in [5.41, 5.74) is 8.58. The van der Waals surface area contributed by atoms with Crippen molar-refractivity contribution >= 4 is 39.9 Å². The normalized spacial score (nSPS) is 15.1. The van der Waals surface area contributed by atoms with Gasteiger partial charge in [0.2, 0.25) is 0 Å². The summed E-state index contributed by atoms with van der Waals surface area (Å²) < 4.78 is 15.0. The van der Waals surface area contributed by atoms with Crippen LogP contribution in [0, 0.1) is 0 Å². The van der Waals surface area contributed by atoms with Gasteiger partial charge in [-0.2, -0.15) is 0 Å². The van der Waals surface area contributed by atoms with Crippen LogP contribution in [0.1, 0.15) is 132 Å². The average molecular weight is 815 g/mol. The van der Waals surface area contributed by atoms with Crippen LogP contribution in [0.5, 0.6) is 0 Å². The monoisotopic (exact) mass is 814 g/mol. The van der Waals surface area contributed by atoms with E-state index >= 15 is 0 Å². The van der Waals surface area contributed by atoms with Crippen LogP contribution in [-0.4, -0.2) is 58.2 Å². The van der Waals surface area contributed by atoms with E-state index in [0.717, 1.165) is 65.0 Å². The minimum Gasteiger partial charge on any atom is -1.00 e. The minimum absolute atomic E-state index is 0. The molecule has 0 atom stereocenters. The average Bonchev–Trinajstić information content (AvgIpc) is 4.00. The molecule has 58 heavy (non-hydrogen) atoms. The van der Waals surface area contributed by atoms with Crippen LogP contribution in [0.25, 0.3) is 44.8 Å². The smallest absolute Gasteiger partial charge is 0.335 e. The first-order chi connectivity index (χ1) is 27.1. The van der Waals surface area contributed by atoms with Gasteiger partial charge in [-0.1, -0.05) is 38.5 Å². The molecular weight excluding hydrogens is 760 g/mol. The molecule has 1 amide bonds. The van der Waals surface area contributed by atoms with Gasteiger partial charge >= 0.3 is 11.9 Å². The Labute approximate surface area is 344 Å². The van der Waals surface area contributed by atoms with E-state index in [0.29, 0.717) is 23.2 Å². The van der Waals surface area contributed by atoms with Crippen LogP contribution in [-0.2, 0) is 4.79 Å². The summed E-state index contributed by atoms with van der Waals surface area (Å²) in [6.45, 7) is 9.15. The third-order valence-corrected chi connectivity index (χ3v) is 10.3. The highest BCUT2D eigenvalue weighted by Crippen LogP contribution is 2.38. The Morgan fingerprint density at radius 1 is 0.690 bits per heavy atom. The van der Waals surface area contributed by atoms with Gasteiger partial charge in [-0.3, -0.25) is 4.79 Å². The number of aromatic nitrogens is 4. The SMILES string of the molecule is CC(C)(C)[NH3+].CC(C)(NC(=O)c1ccc2c(c1)nc(-c1ccoc1)n2C1CCCCC1)C(=O)O.O=C(O)c1ccc2c(c1)nc(-c1ccoc1)n2C1CCCCC1.[Cl-]. The van der Waals surface area contributed by atoms with Gasteiger partial charge in [0.05, 0.1) is 56.8 Å². The highest BCUT2D eigenvalue weighted by molar-refractivity contribution is 6.00. The third-order valence-electron chi connectivity index (χ3n) is 10.3. The fourth-order valence-corrected chi connectivity index (χ4v) is 7.49. The van der Waals surface area contributed by atoms with Gasteiger partial charge in [-0.05, 0) is 109 Å². The summed E-state index contributed by atoms with van der Waals surface area (Å²) in [5.74, 6) is -0.747. The zero-order chi connectivity index (χ0) is 40.9. The zero-order valence-electron chi connectivity index (χ0n) is 34.0. The molecule has 2 fully saturated rings. The number of carboxylic acids is 2. The summed E-state index contributed by atoms with van der Waals surface area (Å²) in [5, 5.41) is 21.0. The van der Waals surface area contributed by atoms with Crippen molar-refractivity contribution < 1.29 is 51.6 Å². The molecule has 2 aliphatic rings. The van der Waals surface area contributed by atoms with Crippen molar-refractivity contribution in [2.24, 2.45) is 0 Å². The van der Waals surface area contributed by atoms with Gasteiger partial charge in [-0.15, -0.1) is 0 Å². The Hall–Kier alpha value is -5.40. The second-order valence-corrected chi connectivity index (χ2v) is 16.9. The Morgan fingerprint density at radius 3 is 1.48 bits per heavy atom. The Morgan fingerprint density at radius 2 is 1.10 bits per heavy atom. The molecule has 310 valence electrons. The highest BCUT2D eigenvalue weighted by atomic mass is 35.5. The molecule has 13 nitrogen and oxygen atoms in total. The summed E-state index contributed by atoms with van der Waals surface area (Å²) in [7, 11) is 0. The third kappa shape index (κ3) is 10.4. The van der Waals surface area contributed by atoms with E-state index in [4.69, 9.17) is 18.8 Å². The van der Waals surface area contributed by atoms with E-state index in [-0.39, 0.29) is 23.5 Å². The number of aromatic carboxylic acids is 1. The molecular formula is C44H55ClN6O7. The zero-order valence-corrected chi connectivity index (χ0v) is 34.7. The fourth-order valence-electron chi connectivity index (χ4n) is 7.49. The highest BCUT2D eigenvalue weighted by Gasteiger charge is 2.30. The number of imidazole rings is 2. The van der Waals surface area contributed by atoms with Crippen LogP contribution in [0.2, 0.25) is 0 Å². The number of rotatable bonds is 8. The molecule has 4 heterocycles. The largest absolute Gasteiger partial charge is 1.00 e. The van der Waals surface area contributed by atoms with Crippen molar-refractivity contribution in [2.45, 2.75) is 122 Å². The molecule has 14 heteroatoms. The number of fused-ring (bicyclic) bond motifs is 2. The van der Waals surface area contributed by atoms with Crippen molar-refractivity contribution in [3.8, 4) is 22.8 Å². The number of halogens is 1. The molecule has 4 aromatic heterocycles. The topological polar surface area (TPSA) is 193 Å². The van der Waals surface area contributed by atoms with E-state index in [1.54, 1.807) is 49.3 Å². The molecule has 2 aromatic carbocycles. The fraction of sp³-hybridized carbons (Fsp3) is 0.432. The molecule has 0 aliphatic heterocycles. The lowest BCUT2D eigenvalue weighted by Crippen LogP contribution is -3.00. The first-order valence-electron chi connectivity index (χ1n) is 19.8. The second-order valence-electron chi connectivity index (χ2n) is 16.9. The van der Waals surface area contributed by atoms with Crippen LogP contribution < -0.4 is 23.5 Å².